The summed E-state index contributed by atoms with van der Waals surface area (Å²) in [6, 6.07) is 7.65. The first-order chi connectivity index (χ1) is 10.2. The van der Waals surface area contributed by atoms with Gasteiger partial charge in [-0.25, -0.2) is 0 Å². The third-order valence-electron chi connectivity index (χ3n) is 4.18. The number of rotatable bonds is 7. The number of methoxy groups -OCH3 is 2. The number of ether oxygens (including phenoxy) is 2. The molecule has 1 fully saturated rings. The molecule has 2 rings (SSSR count). The number of benzene rings is 1. The molecule has 1 saturated carbocycles. The highest BCUT2D eigenvalue weighted by atomic mass is 127. The Balaban J connectivity index is 0.00000242. The maximum absolute atomic E-state index is 5.98. The van der Waals surface area contributed by atoms with Crippen LogP contribution in [-0.2, 0) is 4.74 Å². The summed E-state index contributed by atoms with van der Waals surface area (Å²) in [6.45, 7) is 1.55. The van der Waals surface area contributed by atoms with Crippen LogP contribution in [0.25, 0.3) is 0 Å². The van der Waals surface area contributed by atoms with Crippen LogP contribution in [-0.4, -0.2) is 33.3 Å². The molecule has 0 amide bonds. The number of nitrogens with zero attached hydrogens (tertiary/aromatic N) is 1. The molecule has 0 aromatic heterocycles. The highest BCUT2D eigenvalue weighted by molar-refractivity contribution is 14.0. The fourth-order valence-electron chi connectivity index (χ4n) is 2.62. The second-order valence-corrected chi connectivity index (χ2v) is 5.65. The molecule has 0 unspecified atom stereocenters. The van der Waals surface area contributed by atoms with Gasteiger partial charge in [0.2, 0.25) is 0 Å². The zero-order chi connectivity index (χ0) is 15.1. The quantitative estimate of drug-likeness (QED) is 0.405. The Morgan fingerprint density at radius 3 is 2.73 bits per heavy atom. The van der Waals surface area contributed by atoms with Crippen molar-refractivity contribution in [3.05, 3.63) is 24.3 Å². The second kappa shape index (κ2) is 9.19. The van der Waals surface area contributed by atoms with E-state index in [-0.39, 0.29) is 29.4 Å². The summed E-state index contributed by atoms with van der Waals surface area (Å²) in [7, 11) is 3.39. The Morgan fingerprint density at radius 1 is 1.36 bits per heavy atom. The molecule has 0 spiro atoms. The first-order valence-corrected chi connectivity index (χ1v) is 7.37. The summed E-state index contributed by atoms with van der Waals surface area (Å²) in [5.74, 6) is 1.25. The summed E-state index contributed by atoms with van der Waals surface area (Å²) in [5.41, 5.74) is 7.15. The van der Waals surface area contributed by atoms with Crippen molar-refractivity contribution in [2.75, 3.05) is 32.7 Å². The molecule has 0 heterocycles. The van der Waals surface area contributed by atoms with E-state index in [1.54, 1.807) is 14.2 Å². The molecule has 0 atom stereocenters. The Bertz CT molecular complexity index is 490. The van der Waals surface area contributed by atoms with Crippen molar-refractivity contribution in [3.63, 3.8) is 0 Å². The third-order valence-corrected chi connectivity index (χ3v) is 4.18. The van der Waals surface area contributed by atoms with Gasteiger partial charge < -0.3 is 20.5 Å². The van der Waals surface area contributed by atoms with Gasteiger partial charge in [0.25, 0.3) is 0 Å². The number of aliphatic imine (C=N–C) groups is 1. The van der Waals surface area contributed by atoms with Gasteiger partial charge in [-0.1, -0.05) is 12.5 Å². The van der Waals surface area contributed by atoms with Crippen LogP contribution in [0.5, 0.6) is 5.75 Å². The van der Waals surface area contributed by atoms with Crippen molar-refractivity contribution in [1.29, 1.82) is 0 Å². The molecule has 1 aromatic rings. The van der Waals surface area contributed by atoms with E-state index in [1.807, 2.05) is 24.3 Å². The largest absolute Gasteiger partial charge is 0.497 e. The van der Waals surface area contributed by atoms with E-state index >= 15 is 0 Å². The summed E-state index contributed by atoms with van der Waals surface area (Å²) in [6.07, 6.45) is 4.76. The molecule has 5 nitrogen and oxygen atoms in total. The zero-order valence-corrected chi connectivity index (χ0v) is 15.6. The van der Waals surface area contributed by atoms with Crippen LogP contribution >= 0.6 is 24.0 Å². The molecule has 1 aromatic carbocycles. The van der Waals surface area contributed by atoms with Crippen molar-refractivity contribution in [3.8, 4) is 5.75 Å². The molecule has 124 valence electrons. The van der Waals surface area contributed by atoms with E-state index < -0.39 is 0 Å². The van der Waals surface area contributed by atoms with E-state index in [4.69, 9.17) is 15.2 Å². The standard InChI is InChI=1S/C16H25N3O2.HI/c1-20-10-9-16(7-4-8-16)12-18-15(17)19-13-5-3-6-14(11-13)21-2;/h3,5-6,11H,4,7-10,12H2,1-2H3,(H3,17,18,19);1H. The molecule has 0 saturated heterocycles. The van der Waals surface area contributed by atoms with Gasteiger partial charge in [-0.05, 0) is 36.8 Å². The number of hydrogen-bond donors (Lipinski definition) is 2. The highest BCUT2D eigenvalue weighted by Gasteiger charge is 2.36. The van der Waals surface area contributed by atoms with Crippen molar-refractivity contribution in [2.24, 2.45) is 16.1 Å². The lowest BCUT2D eigenvalue weighted by molar-refractivity contribution is 0.0780. The fourth-order valence-corrected chi connectivity index (χ4v) is 2.62. The van der Waals surface area contributed by atoms with Gasteiger partial charge in [0.1, 0.15) is 5.75 Å². The minimum absolute atomic E-state index is 0. The molecule has 0 radical (unpaired) electrons. The Kier molecular flexibility index (Phi) is 7.95. The smallest absolute Gasteiger partial charge is 0.193 e. The lowest BCUT2D eigenvalue weighted by Crippen LogP contribution is -2.35. The van der Waals surface area contributed by atoms with Crippen LogP contribution in [0, 0.1) is 5.41 Å². The summed E-state index contributed by atoms with van der Waals surface area (Å²) in [5, 5.41) is 3.11. The molecule has 0 aliphatic heterocycles. The van der Waals surface area contributed by atoms with Crippen molar-refractivity contribution in [2.45, 2.75) is 25.7 Å². The van der Waals surface area contributed by atoms with Gasteiger partial charge in [0, 0.05) is 32.0 Å². The lowest BCUT2D eigenvalue weighted by Gasteiger charge is -2.40. The number of nitrogens with two attached hydrogens (primary N) is 1. The first kappa shape index (κ1) is 19.0. The molecule has 1 aliphatic rings. The maximum Gasteiger partial charge on any atom is 0.193 e. The van der Waals surface area contributed by atoms with E-state index in [0.717, 1.165) is 31.0 Å². The van der Waals surface area contributed by atoms with E-state index in [1.165, 1.54) is 19.3 Å². The van der Waals surface area contributed by atoms with Gasteiger partial charge >= 0.3 is 0 Å². The summed E-state index contributed by atoms with van der Waals surface area (Å²) in [4.78, 5) is 4.51. The predicted octanol–water partition coefficient (Wildman–Crippen LogP) is 3.25. The SMILES string of the molecule is COCCC1(CN=C(N)Nc2cccc(OC)c2)CCC1.I. The van der Waals surface area contributed by atoms with Crippen LogP contribution in [0.2, 0.25) is 0 Å². The molecular weight excluding hydrogens is 393 g/mol. The number of hydrogen-bond acceptors (Lipinski definition) is 3. The van der Waals surface area contributed by atoms with Crippen molar-refractivity contribution >= 4 is 35.6 Å². The van der Waals surface area contributed by atoms with Gasteiger partial charge in [0.15, 0.2) is 5.96 Å². The van der Waals surface area contributed by atoms with Crippen LogP contribution in [0.3, 0.4) is 0 Å². The molecule has 0 bridgehead atoms. The van der Waals surface area contributed by atoms with Gasteiger partial charge in [-0.15, -0.1) is 24.0 Å². The molecule has 1 aliphatic carbocycles. The van der Waals surface area contributed by atoms with Crippen molar-refractivity contribution < 1.29 is 9.47 Å². The molecule has 22 heavy (non-hydrogen) atoms. The summed E-state index contributed by atoms with van der Waals surface area (Å²) >= 11 is 0. The topological polar surface area (TPSA) is 68.9 Å². The Hall–Kier alpha value is -1.02. The van der Waals surface area contributed by atoms with E-state index in [2.05, 4.69) is 10.3 Å². The van der Waals surface area contributed by atoms with Gasteiger partial charge in [0.05, 0.1) is 7.11 Å². The number of halogens is 1. The number of anilines is 1. The average molecular weight is 419 g/mol. The fraction of sp³-hybridized carbons (Fsp3) is 0.562. The van der Waals surface area contributed by atoms with E-state index in [0.29, 0.717) is 5.96 Å². The maximum atomic E-state index is 5.98. The number of nitrogens with one attached hydrogen (secondary N) is 1. The average Bonchev–Trinajstić information content (AvgIpc) is 2.46. The van der Waals surface area contributed by atoms with Crippen LogP contribution in [0.15, 0.2) is 29.3 Å². The minimum atomic E-state index is 0. The van der Waals surface area contributed by atoms with E-state index in [9.17, 15) is 0 Å². The normalized spacial score (nSPS) is 16.4. The Morgan fingerprint density at radius 2 is 2.14 bits per heavy atom. The minimum Gasteiger partial charge on any atom is -0.497 e. The molecule has 3 N–H and O–H groups in total. The zero-order valence-electron chi connectivity index (χ0n) is 13.3. The lowest BCUT2D eigenvalue weighted by atomic mass is 9.67. The Labute approximate surface area is 149 Å². The second-order valence-electron chi connectivity index (χ2n) is 5.65. The predicted molar refractivity (Wildman–Crippen MR) is 101 cm³/mol. The van der Waals surface area contributed by atoms with Crippen LogP contribution in [0.1, 0.15) is 25.7 Å². The van der Waals surface area contributed by atoms with Gasteiger partial charge in [-0.2, -0.15) is 0 Å². The van der Waals surface area contributed by atoms with Crippen molar-refractivity contribution in [1.82, 2.24) is 0 Å². The summed E-state index contributed by atoms with van der Waals surface area (Å²) < 4.78 is 10.4. The van der Waals surface area contributed by atoms with Gasteiger partial charge in [-0.3, -0.25) is 4.99 Å². The first-order valence-electron chi connectivity index (χ1n) is 7.37. The third kappa shape index (κ3) is 5.31. The van der Waals surface area contributed by atoms with Crippen LogP contribution in [0.4, 0.5) is 5.69 Å². The molecule has 6 heteroatoms. The molecular formula is C16H26IN3O2. The van der Waals surface area contributed by atoms with Crippen LogP contribution < -0.4 is 15.8 Å². The monoisotopic (exact) mass is 419 g/mol. The number of guanidine groups is 1. The highest BCUT2D eigenvalue weighted by Crippen LogP contribution is 2.44.